The molecule has 0 spiro atoms. The first-order chi connectivity index (χ1) is 9.83. The third kappa shape index (κ3) is 1.66. The Balaban J connectivity index is 1.72. The Labute approximate surface area is 116 Å². The van der Waals surface area contributed by atoms with Crippen molar-refractivity contribution in [3.8, 4) is 0 Å². The number of imidazole rings is 1. The first kappa shape index (κ1) is 11.4. The zero-order valence-corrected chi connectivity index (χ0v) is 11.2. The van der Waals surface area contributed by atoms with Crippen molar-refractivity contribution >= 4 is 17.0 Å². The molecule has 2 aromatic heterocycles. The topological polar surface area (TPSA) is 55.6 Å². The predicted molar refractivity (Wildman–Crippen MR) is 77.4 cm³/mol. The lowest BCUT2D eigenvalue weighted by Gasteiger charge is -2.14. The van der Waals surface area contributed by atoms with Gasteiger partial charge < -0.3 is 9.88 Å². The normalized spacial score (nSPS) is 17.4. The highest BCUT2D eigenvalue weighted by Gasteiger charge is 2.23. The van der Waals surface area contributed by atoms with Gasteiger partial charge in [-0.2, -0.15) is 0 Å². The van der Waals surface area contributed by atoms with Crippen LogP contribution in [0.15, 0.2) is 36.9 Å². The molecule has 1 unspecified atom stereocenters. The van der Waals surface area contributed by atoms with E-state index in [4.69, 9.17) is 0 Å². The van der Waals surface area contributed by atoms with Gasteiger partial charge in [0.25, 0.3) is 0 Å². The second-order valence-electron chi connectivity index (χ2n) is 5.18. The first-order valence-electron chi connectivity index (χ1n) is 6.79. The molecular weight excluding hydrogens is 250 g/mol. The molecule has 2 heterocycles. The summed E-state index contributed by atoms with van der Waals surface area (Å²) in [5.74, 6) is 0.817. The zero-order valence-electron chi connectivity index (χ0n) is 11.2. The van der Waals surface area contributed by atoms with E-state index in [0.717, 1.165) is 29.8 Å². The molecule has 0 bridgehead atoms. The molecule has 1 N–H and O–H groups in total. The Hall–Kier alpha value is -2.43. The van der Waals surface area contributed by atoms with E-state index in [0.29, 0.717) is 6.04 Å². The van der Waals surface area contributed by atoms with Crippen molar-refractivity contribution in [2.24, 2.45) is 7.05 Å². The monoisotopic (exact) mass is 265 g/mol. The van der Waals surface area contributed by atoms with E-state index in [1.807, 2.05) is 11.6 Å². The first-order valence-corrected chi connectivity index (χ1v) is 6.79. The summed E-state index contributed by atoms with van der Waals surface area (Å²) in [5, 5.41) is 3.53. The van der Waals surface area contributed by atoms with Crippen LogP contribution in [-0.4, -0.2) is 19.5 Å². The Bertz CT molecular complexity index is 777. The van der Waals surface area contributed by atoms with Crippen LogP contribution in [0.4, 0.5) is 5.82 Å². The van der Waals surface area contributed by atoms with Crippen molar-refractivity contribution in [1.82, 2.24) is 19.5 Å². The minimum atomic E-state index is 0.311. The molecular formula is C15H15N5. The maximum absolute atomic E-state index is 4.39. The van der Waals surface area contributed by atoms with Gasteiger partial charge in [-0.25, -0.2) is 15.0 Å². The van der Waals surface area contributed by atoms with Crippen LogP contribution in [-0.2, 0) is 13.5 Å². The molecule has 4 rings (SSSR count). The molecule has 0 radical (unpaired) electrons. The Morgan fingerprint density at radius 1 is 1.20 bits per heavy atom. The van der Waals surface area contributed by atoms with Crippen molar-refractivity contribution < 1.29 is 0 Å². The number of hydrogen-bond acceptors (Lipinski definition) is 4. The van der Waals surface area contributed by atoms with Gasteiger partial charge in [-0.15, -0.1) is 0 Å². The van der Waals surface area contributed by atoms with Gasteiger partial charge in [0.15, 0.2) is 11.5 Å². The van der Waals surface area contributed by atoms with Crippen LogP contribution in [0.3, 0.4) is 0 Å². The molecule has 5 heteroatoms. The fraction of sp³-hybridized carbons (Fsp3) is 0.267. The van der Waals surface area contributed by atoms with Gasteiger partial charge in [0.05, 0.1) is 12.4 Å². The van der Waals surface area contributed by atoms with Crippen LogP contribution in [0, 0.1) is 0 Å². The fourth-order valence-electron chi connectivity index (χ4n) is 2.92. The van der Waals surface area contributed by atoms with Gasteiger partial charge in [-0.1, -0.05) is 24.3 Å². The number of aryl methyl sites for hydroxylation is 2. The summed E-state index contributed by atoms with van der Waals surface area (Å²) < 4.78 is 1.91. The smallest absolute Gasteiger partial charge is 0.165 e. The Morgan fingerprint density at radius 3 is 3.05 bits per heavy atom. The summed E-state index contributed by atoms with van der Waals surface area (Å²) in [7, 11) is 1.94. The highest BCUT2D eigenvalue weighted by molar-refractivity contribution is 5.82. The molecule has 20 heavy (non-hydrogen) atoms. The average Bonchev–Trinajstić information content (AvgIpc) is 3.05. The maximum atomic E-state index is 4.39. The lowest BCUT2D eigenvalue weighted by Crippen LogP contribution is -2.09. The van der Waals surface area contributed by atoms with Gasteiger partial charge in [0.1, 0.15) is 11.8 Å². The van der Waals surface area contributed by atoms with Crippen molar-refractivity contribution in [2.75, 3.05) is 5.32 Å². The molecule has 0 amide bonds. The number of aromatic nitrogens is 4. The summed E-state index contributed by atoms with van der Waals surface area (Å²) in [5.41, 5.74) is 4.49. The molecule has 1 aliphatic carbocycles. The number of anilines is 1. The largest absolute Gasteiger partial charge is 0.361 e. The van der Waals surface area contributed by atoms with E-state index in [1.54, 1.807) is 12.7 Å². The van der Waals surface area contributed by atoms with E-state index < -0.39 is 0 Å². The van der Waals surface area contributed by atoms with E-state index in [-0.39, 0.29) is 0 Å². The minimum absolute atomic E-state index is 0.311. The van der Waals surface area contributed by atoms with Crippen LogP contribution in [0.5, 0.6) is 0 Å². The molecule has 100 valence electrons. The summed E-state index contributed by atoms with van der Waals surface area (Å²) in [6.45, 7) is 0. The van der Waals surface area contributed by atoms with Crippen molar-refractivity contribution in [2.45, 2.75) is 18.9 Å². The lowest BCUT2D eigenvalue weighted by molar-refractivity contribution is 0.758. The second kappa shape index (κ2) is 4.30. The predicted octanol–water partition coefficient (Wildman–Crippen LogP) is 2.46. The third-order valence-electron chi connectivity index (χ3n) is 3.94. The van der Waals surface area contributed by atoms with Crippen molar-refractivity contribution in [3.05, 3.63) is 48.0 Å². The SMILES string of the molecule is Cn1cnc2c(NC3CCc4ccccc43)ncnc21. The molecule has 3 aromatic rings. The fourth-order valence-corrected chi connectivity index (χ4v) is 2.92. The molecule has 1 aliphatic rings. The number of hydrogen-bond donors (Lipinski definition) is 1. The average molecular weight is 265 g/mol. The summed E-state index contributed by atoms with van der Waals surface area (Å²) >= 11 is 0. The molecule has 1 aromatic carbocycles. The molecule has 0 saturated heterocycles. The van der Waals surface area contributed by atoms with E-state index >= 15 is 0 Å². The Morgan fingerprint density at radius 2 is 2.10 bits per heavy atom. The van der Waals surface area contributed by atoms with E-state index in [1.165, 1.54) is 11.1 Å². The molecule has 0 saturated carbocycles. The standard InChI is InChI=1S/C15H15N5/c1-20-9-18-13-14(16-8-17-15(13)20)19-12-7-6-10-4-2-3-5-11(10)12/h2-5,8-9,12H,6-7H2,1H3,(H,16,17,19). The van der Waals surface area contributed by atoms with E-state index in [2.05, 4.69) is 44.5 Å². The number of fused-ring (bicyclic) bond motifs is 2. The lowest BCUT2D eigenvalue weighted by atomic mass is 10.1. The minimum Gasteiger partial charge on any atom is -0.361 e. The second-order valence-corrected chi connectivity index (χ2v) is 5.18. The van der Waals surface area contributed by atoms with Gasteiger partial charge in [0, 0.05) is 7.05 Å². The highest BCUT2D eigenvalue weighted by Crippen LogP contribution is 2.34. The summed E-state index contributed by atoms with van der Waals surface area (Å²) in [4.78, 5) is 13.0. The number of benzene rings is 1. The summed E-state index contributed by atoms with van der Waals surface area (Å²) in [6, 6.07) is 8.90. The van der Waals surface area contributed by atoms with Crippen LogP contribution >= 0.6 is 0 Å². The molecule has 5 nitrogen and oxygen atoms in total. The van der Waals surface area contributed by atoms with Gasteiger partial charge in [0.2, 0.25) is 0 Å². The molecule has 0 aliphatic heterocycles. The van der Waals surface area contributed by atoms with Crippen LogP contribution in [0.1, 0.15) is 23.6 Å². The van der Waals surface area contributed by atoms with Crippen LogP contribution in [0.2, 0.25) is 0 Å². The van der Waals surface area contributed by atoms with Crippen LogP contribution in [0.25, 0.3) is 11.2 Å². The Kier molecular flexibility index (Phi) is 2.45. The van der Waals surface area contributed by atoms with Gasteiger partial charge in [-0.3, -0.25) is 0 Å². The molecule has 1 atom stereocenters. The highest BCUT2D eigenvalue weighted by atomic mass is 15.1. The summed E-state index contributed by atoms with van der Waals surface area (Å²) in [6.07, 6.45) is 5.57. The number of rotatable bonds is 2. The van der Waals surface area contributed by atoms with Crippen molar-refractivity contribution in [1.29, 1.82) is 0 Å². The number of nitrogens with one attached hydrogen (secondary N) is 1. The third-order valence-corrected chi connectivity index (χ3v) is 3.94. The van der Waals surface area contributed by atoms with Crippen molar-refractivity contribution in [3.63, 3.8) is 0 Å². The maximum Gasteiger partial charge on any atom is 0.165 e. The van der Waals surface area contributed by atoms with Gasteiger partial charge in [-0.05, 0) is 24.0 Å². The van der Waals surface area contributed by atoms with E-state index in [9.17, 15) is 0 Å². The quantitative estimate of drug-likeness (QED) is 0.773. The zero-order chi connectivity index (χ0) is 13.5. The van der Waals surface area contributed by atoms with Gasteiger partial charge >= 0.3 is 0 Å². The number of nitrogens with zero attached hydrogens (tertiary/aromatic N) is 4. The van der Waals surface area contributed by atoms with Crippen LogP contribution < -0.4 is 5.32 Å². The molecule has 0 fully saturated rings.